The van der Waals surface area contributed by atoms with E-state index < -0.39 is 0 Å². The summed E-state index contributed by atoms with van der Waals surface area (Å²) in [6.45, 7) is 6.74. The van der Waals surface area contributed by atoms with Gasteiger partial charge >= 0.3 is 0 Å². The maximum absolute atomic E-state index is 12.1. The van der Waals surface area contributed by atoms with Crippen molar-refractivity contribution in [2.75, 3.05) is 6.54 Å². The summed E-state index contributed by atoms with van der Waals surface area (Å²) < 4.78 is 0. The molecule has 19 heavy (non-hydrogen) atoms. The molecular formula is C16H26N2O. The summed E-state index contributed by atoms with van der Waals surface area (Å²) in [6, 6.07) is 8.22. The summed E-state index contributed by atoms with van der Waals surface area (Å²) in [5.41, 5.74) is 7.89. The van der Waals surface area contributed by atoms with E-state index in [-0.39, 0.29) is 11.4 Å². The maximum atomic E-state index is 12.1. The Morgan fingerprint density at radius 3 is 2.05 bits per heavy atom. The topological polar surface area (TPSA) is 55.1 Å². The molecule has 3 nitrogen and oxygen atoms in total. The minimum Gasteiger partial charge on any atom is -0.349 e. The summed E-state index contributed by atoms with van der Waals surface area (Å²) in [4.78, 5) is 12.1. The molecule has 3 N–H and O–H groups in total. The minimum absolute atomic E-state index is 0.0541. The molecule has 3 heteroatoms. The number of carbonyl (C=O) groups excluding carboxylic acids is 1. The van der Waals surface area contributed by atoms with Crippen LogP contribution in [0.3, 0.4) is 0 Å². The van der Waals surface area contributed by atoms with Crippen LogP contribution in [0.25, 0.3) is 0 Å². The summed E-state index contributed by atoms with van der Waals surface area (Å²) in [7, 11) is 0. The van der Waals surface area contributed by atoms with Crippen LogP contribution in [0.15, 0.2) is 24.3 Å². The van der Waals surface area contributed by atoms with Crippen molar-refractivity contribution in [2.45, 2.75) is 52.0 Å². The number of hydrogen-bond donors (Lipinski definition) is 2. The Labute approximate surface area is 116 Å². The number of amides is 1. The largest absolute Gasteiger partial charge is 0.349 e. The van der Waals surface area contributed by atoms with E-state index in [4.69, 9.17) is 5.73 Å². The number of rotatable bonds is 7. The fourth-order valence-electron chi connectivity index (χ4n) is 2.18. The van der Waals surface area contributed by atoms with Crippen molar-refractivity contribution in [1.29, 1.82) is 0 Å². The highest BCUT2D eigenvalue weighted by atomic mass is 16.1. The van der Waals surface area contributed by atoms with Gasteiger partial charge in [0.2, 0.25) is 5.91 Å². The van der Waals surface area contributed by atoms with Crippen LogP contribution in [0, 0.1) is 0 Å². The molecule has 0 aromatic heterocycles. The molecule has 0 fully saturated rings. The SMILES string of the molecule is CCc1ccc(CC(=O)NC(CC)(CC)CN)cc1. The number of nitrogens with two attached hydrogens (primary N) is 1. The summed E-state index contributed by atoms with van der Waals surface area (Å²) in [6.07, 6.45) is 3.17. The first-order valence-electron chi connectivity index (χ1n) is 7.18. The maximum Gasteiger partial charge on any atom is 0.224 e. The molecule has 0 saturated heterocycles. The van der Waals surface area contributed by atoms with Crippen molar-refractivity contribution >= 4 is 5.91 Å². The lowest BCUT2D eigenvalue weighted by atomic mass is 9.92. The first-order chi connectivity index (χ1) is 9.09. The molecule has 0 saturated carbocycles. The standard InChI is InChI=1S/C16H26N2O/c1-4-13-7-9-14(10-8-13)11-15(19)18-16(5-2,6-3)12-17/h7-10H,4-6,11-12,17H2,1-3H3,(H,18,19). The molecule has 0 heterocycles. The lowest BCUT2D eigenvalue weighted by Gasteiger charge is -2.31. The van der Waals surface area contributed by atoms with Crippen LogP contribution in [-0.4, -0.2) is 18.0 Å². The predicted molar refractivity (Wildman–Crippen MR) is 80.0 cm³/mol. The van der Waals surface area contributed by atoms with Gasteiger partial charge in [0.1, 0.15) is 0 Å². The van der Waals surface area contributed by atoms with Crippen molar-refractivity contribution < 1.29 is 4.79 Å². The molecule has 1 rings (SSSR count). The predicted octanol–water partition coefficient (Wildman–Crippen LogP) is 2.43. The van der Waals surface area contributed by atoms with Crippen molar-refractivity contribution in [3.8, 4) is 0 Å². The monoisotopic (exact) mass is 262 g/mol. The van der Waals surface area contributed by atoms with Crippen LogP contribution in [0.2, 0.25) is 0 Å². The zero-order chi connectivity index (χ0) is 14.3. The average molecular weight is 262 g/mol. The Kier molecular flexibility index (Phi) is 6.03. The molecular weight excluding hydrogens is 236 g/mol. The molecule has 1 aromatic carbocycles. The van der Waals surface area contributed by atoms with Crippen LogP contribution in [0.4, 0.5) is 0 Å². The van der Waals surface area contributed by atoms with Crippen molar-refractivity contribution in [2.24, 2.45) is 5.73 Å². The number of hydrogen-bond acceptors (Lipinski definition) is 2. The number of nitrogens with one attached hydrogen (secondary N) is 1. The molecule has 0 aliphatic rings. The molecule has 0 unspecified atom stereocenters. The second-order valence-corrected chi connectivity index (χ2v) is 5.09. The average Bonchev–Trinajstić information content (AvgIpc) is 2.46. The molecule has 0 radical (unpaired) electrons. The van der Waals surface area contributed by atoms with Crippen LogP contribution in [0.5, 0.6) is 0 Å². The highest BCUT2D eigenvalue weighted by Gasteiger charge is 2.25. The van der Waals surface area contributed by atoms with Gasteiger partial charge in [0, 0.05) is 6.54 Å². The first-order valence-corrected chi connectivity index (χ1v) is 7.18. The molecule has 0 spiro atoms. The van der Waals surface area contributed by atoms with Gasteiger partial charge in [-0.25, -0.2) is 0 Å². The van der Waals surface area contributed by atoms with Crippen LogP contribution < -0.4 is 11.1 Å². The van der Waals surface area contributed by atoms with Crippen molar-refractivity contribution in [1.82, 2.24) is 5.32 Å². The van der Waals surface area contributed by atoms with E-state index in [1.54, 1.807) is 0 Å². The van der Waals surface area contributed by atoms with Crippen LogP contribution in [-0.2, 0) is 17.6 Å². The fourth-order valence-corrected chi connectivity index (χ4v) is 2.18. The molecule has 0 aliphatic heterocycles. The third-order valence-corrected chi connectivity index (χ3v) is 3.94. The Balaban J connectivity index is 2.63. The van der Waals surface area contributed by atoms with Crippen molar-refractivity contribution in [3.05, 3.63) is 35.4 Å². The summed E-state index contributed by atoms with van der Waals surface area (Å²) >= 11 is 0. The fraction of sp³-hybridized carbons (Fsp3) is 0.562. The molecule has 106 valence electrons. The summed E-state index contributed by atoms with van der Waals surface area (Å²) in [5, 5.41) is 3.09. The van der Waals surface area contributed by atoms with E-state index in [1.165, 1.54) is 5.56 Å². The highest BCUT2D eigenvalue weighted by Crippen LogP contribution is 2.14. The van der Waals surface area contributed by atoms with E-state index in [1.807, 2.05) is 12.1 Å². The number of benzene rings is 1. The number of aryl methyl sites for hydroxylation is 1. The van der Waals surface area contributed by atoms with Gasteiger partial charge in [-0.3, -0.25) is 4.79 Å². The van der Waals surface area contributed by atoms with Gasteiger partial charge in [-0.1, -0.05) is 45.0 Å². The zero-order valence-electron chi connectivity index (χ0n) is 12.3. The molecule has 0 atom stereocenters. The van der Waals surface area contributed by atoms with Gasteiger partial charge in [-0.05, 0) is 30.4 Å². The second-order valence-electron chi connectivity index (χ2n) is 5.09. The van der Waals surface area contributed by atoms with Gasteiger partial charge in [0.25, 0.3) is 0 Å². The van der Waals surface area contributed by atoms with E-state index in [2.05, 4.69) is 38.2 Å². The Morgan fingerprint density at radius 1 is 1.11 bits per heavy atom. The van der Waals surface area contributed by atoms with Crippen molar-refractivity contribution in [3.63, 3.8) is 0 Å². The van der Waals surface area contributed by atoms with Gasteiger partial charge < -0.3 is 11.1 Å². The van der Waals surface area contributed by atoms with Gasteiger partial charge in [0.05, 0.1) is 12.0 Å². The van der Waals surface area contributed by atoms with E-state index >= 15 is 0 Å². The quantitative estimate of drug-likeness (QED) is 0.793. The highest BCUT2D eigenvalue weighted by molar-refractivity contribution is 5.79. The Morgan fingerprint density at radius 2 is 1.63 bits per heavy atom. The first kappa shape index (κ1) is 15.7. The van der Waals surface area contributed by atoms with E-state index in [0.717, 1.165) is 24.8 Å². The third-order valence-electron chi connectivity index (χ3n) is 3.94. The minimum atomic E-state index is -0.250. The molecule has 0 bridgehead atoms. The zero-order valence-corrected chi connectivity index (χ0v) is 12.3. The molecule has 1 amide bonds. The normalized spacial score (nSPS) is 11.4. The van der Waals surface area contributed by atoms with Gasteiger partial charge in [-0.15, -0.1) is 0 Å². The summed E-state index contributed by atoms with van der Waals surface area (Å²) in [5.74, 6) is 0.0541. The van der Waals surface area contributed by atoms with Crippen LogP contribution >= 0.6 is 0 Å². The van der Waals surface area contributed by atoms with Crippen LogP contribution in [0.1, 0.15) is 44.7 Å². The van der Waals surface area contributed by atoms with E-state index in [0.29, 0.717) is 13.0 Å². The molecule has 1 aromatic rings. The number of carbonyl (C=O) groups is 1. The Hall–Kier alpha value is -1.35. The third kappa shape index (κ3) is 4.35. The smallest absolute Gasteiger partial charge is 0.224 e. The van der Waals surface area contributed by atoms with E-state index in [9.17, 15) is 4.79 Å². The second kappa shape index (κ2) is 7.29. The van der Waals surface area contributed by atoms with Gasteiger partial charge in [0.15, 0.2) is 0 Å². The lowest BCUT2D eigenvalue weighted by Crippen LogP contribution is -2.53. The van der Waals surface area contributed by atoms with Gasteiger partial charge in [-0.2, -0.15) is 0 Å². The molecule has 0 aliphatic carbocycles. The lowest BCUT2D eigenvalue weighted by molar-refractivity contribution is -0.122. The Bertz CT molecular complexity index is 385.